The number of carbonyl (C=O) groups is 4. The minimum Gasteiger partial charge on any atom is -0.465 e. The molecule has 0 bridgehead atoms. The highest BCUT2D eigenvalue weighted by Gasteiger charge is 2.29. The molecule has 0 saturated carbocycles. The zero-order valence-electron chi connectivity index (χ0n) is 19.0. The first-order valence-electron chi connectivity index (χ1n) is 10.8. The van der Waals surface area contributed by atoms with Crippen LogP contribution in [0.3, 0.4) is 0 Å². The molecule has 1 aromatic heterocycles. The number of halogens is 1. The van der Waals surface area contributed by atoms with E-state index in [0.29, 0.717) is 32.5 Å². The third kappa shape index (κ3) is 5.78. The molecule has 4 rings (SSSR count). The Morgan fingerprint density at radius 3 is 2.39 bits per heavy atom. The lowest BCUT2D eigenvalue weighted by atomic mass is 10.1. The average Bonchev–Trinajstić information content (AvgIpc) is 3.46. The maximum absolute atomic E-state index is 12.3. The maximum Gasteiger partial charge on any atom is 0.343 e. The van der Waals surface area contributed by atoms with Crippen LogP contribution in [-0.4, -0.2) is 37.1 Å². The Kier molecular flexibility index (Phi) is 7.77. The Morgan fingerprint density at radius 2 is 1.69 bits per heavy atom. The van der Waals surface area contributed by atoms with Crippen LogP contribution in [-0.2, 0) is 27.2 Å². The van der Waals surface area contributed by atoms with E-state index in [9.17, 15) is 19.2 Å². The molecular weight excluding hydrogens is 506 g/mol. The van der Waals surface area contributed by atoms with E-state index in [1.807, 2.05) is 0 Å². The fourth-order valence-electron chi connectivity index (χ4n) is 3.56. The predicted octanol–water partition coefficient (Wildman–Crippen LogP) is 3.98. The number of ether oxygens (including phenoxy) is 2. The molecule has 184 valence electrons. The third-order valence-electron chi connectivity index (χ3n) is 5.29. The first kappa shape index (κ1) is 25.1. The molecule has 2 amide bonds. The number of anilines is 1. The Morgan fingerprint density at radius 1 is 0.972 bits per heavy atom. The van der Waals surface area contributed by atoms with Crippen molar-refractivity contribution in [3.63, 3.8) is 0 Å². The molecule has 0 saturated heterocycles. The van der Waals surface area contributed by atoms with Crippen LogP contribution < -0.4 is 15.5 Å². The monoisotopic (exact) mass is 525 g/mol. The van der Waals surface area contributed by atoms with Crippen LogP contribution in [0.4, 0.5) is 5.00 Å². The highest BCUT2D eigenvalue weighted by atomic mass is 35.5. The van der Waals surface area contributed by atoms with Crippen LogP contribution in [0.2, 0.25) is 5.02 Å². The van der Waals surface area contributed by atoms with Crippen LogP contribution in [0, 0.1) is 0 Å². The van der Waals surface area contributed by atoms with Crippen molar-refractivity contribution in [3.8, 4) is 5.75 Å². The summed E-state index contributed by atoms with van der Waals surface area (Å²) >= 11 is 7.09. The molecule has 0 aliphatic heterocycles. The van der Waals surface area contributed by atoms with Crippen molar-refractivity contribution in [1.82, 2.24) is 5.43 Å². The number of esters is 2. The maximum atomic E-state index is 12.3. The van der Waals surface area contributed by atoms with Gasteiger partial charge in [0.25, 0.3) is 0 Å². The van der Waals surface area contributed by atoms with Gasteiger partial charge in [-0.25, -0.2) is 15.0 Å². The first-order chi connectivity index (χ1) is 17.4. The van der Waals surface area contributed by atoms with E-state index in [1.165, 1.54) is 24.7 Å². The van der Waals surface area contributed by atoms with Crippen LogP contribution in [0.1, 0.15) is 43.1 Å². The SMILES string of the molecule is COC(=O)c1c(NC(=O)C(=O)N/N=C/c2ccc(OC(=O)c3ccc(Cl)cc3)cc2)sc2c1CCC2. The van der Waals surface area contributed by atoms with Crippen LogP contribution >= 0.6 is 22.9 Å². The summed E-state index contributed by atoms with van der Waals surface area (Å²) in [6.45, 7) is 0. The average molecular weight is 526 g/mol. The number of nitrogens with zero attached hydrogens (tertiary/aromatic N) is 1. The van der Waals surface area contributed by atoms with E-state index in [4.69, 9.17) is 21.1 Å². The van der Waals surface area contributed by atoms with Gasteiger partial charge in [-0.1, -0.05) is 11.6 Å². The summed E-state index contributed by atoms with van der Waals surface area (Å²) in [5, 5.41) is 7.07. The van der Waals surface area contributed by atoms with Gasteiger partial charge in [0.15, 0.2) is 0 Å². The quantitative estimate of drug-likeness (QED) is 0.165. The largest absolute Gasteiger partial charge is 0.465 e. The van der Waals surface area contributed by atoms with Crippen LogP contribution in [0.15, 0.2) is 53.6 Å². The van der Waals surface area contributed by atoms with E-state index >= 15 is 0 Å². The van der Waals surface area contributed by atoms with Gasteiger partial charge in [0.1, 0.15) is 10.8 Å². The Labute approximate surface area is 215 Å². The summed E-state index contributed by atoms with van der Waals surface area (Å²) in [7, 11) is 1.27. The number of fused-ring (bicyclic) bond motifs is 1. The number of hydrazone groups is 1. The van der Waals surface area contributed by atoms with Gasteiger partial charge in [-0.15, -0.1) is 11.3 Å². The van der Waals surface area contributed by atoms with Gasteiger partial charge in [0, 0.05) is 9.90 Å². The number of carbonyl (C=O) groups excluding carboxylic acids is 4. The molecule has 2 N–H and O–H groups in total. The molecule has 0 unspecified atom stereocenters. The van der Waals surface area contributed by atoms with Gasteiger partial charge in [-0.2, -0.15) is 5.10 Å². The number of aryl methyl sites for hydroxylation is 1. The topological polar surface area (TPSA) is 123 Å². The number of methoxy groups -OCH3 is 1. The summed E-state index contributed by atoms with van der Waals surface area (Å²) in [5.41, 5.74) is 4.26. The molecule has 0 spiro atoms. The second-order valence-electron chi connectivity index (χ2n) is 7.67. The molecule has 9 nitrogen and oxygen atoms in total. The van der Waals surface area contributed by atoms with Crippen LogP contribution in [0.25, 0.3) is 0 Å². The highest BCUT2D eigenvalue weighted by Crippen LogP contribution is 2.39. The van der Waals surface area contributed by atoms with Crippen molar-refractivity contribution in [3.05, 3.63) is 80.7 Å². The van der Waals surface area contributed by atoms with Gasteiger partial charge >= 0.3 is 23.8 Å². The van der Waals surface area contributed by atoms with Gasteiger partial charge in [-0.05, 0) is 78.9 Å². The molecule has 3 aromatic rings. The fraction of sp³-hybridized carbons (Fsp3) is 0.160. The molecule has 1 aliphatic rings. The van der Waals surface area contributed by atoms with Crippen molar-refractivity contribution < 1.29 is 28.7 Å². The zero-order valence-corrected chi connectivity index (χ0v) is 20.6. The molecule has 0 fully saturated rings. The smallest absolute Gasteiger partial charge is 0.343 e. The lowest BCUT2D eigenvalue weighted by molar-refractivity contribution is -0.136. The lowest BCUT2D eigenvalue weighted by Crippen LogP contribution is -2.32. The van der Waals surface area contributed by atoms with Gasteiger partial charge in [0.2, 0.25) is 0 Å². The molecule has 2 aromatic carbocycles. The summed E-state index contributed by atoms with van der Waals surface area (Å²) in [6.07, 6.45) is 3.80. The lowest BCUT2D eigenvalue weighted by Gasteiger charge is -2.06. The van der Waals surface area contributed by atoms with Gasteiger partial charge in [-0.3, -0.25) is 9.59 Å². The normalized spacial score (nSPS) is 12.2. The Hall–Kier alpha value is -4.02. The molecule has 0 atom stereocenters. The molecule has 36 heavy (non-hydrogen) atoms. The zero-order chi connectivity index (χ0) is 25.7. The minimum absolute atomic E-state index is 0.291. The van der Waals surface area contributed by atoms with Crippen molar-refractivity contribution in [1.29, 1.82) is 0 Å². The number of amides is 2. The third-order valence-corrected chi connectivity index (χ3v) is 6.75. The summed E-state index contributed by atoms with van der Waals surface area (Å²) in [5.74, 6) is -2.71. The molecular formula is C25H20ClN3O6S. The number of hydrogen-bond acceptors (Lipinski definition) is 8. The minimum atomic E-state index is -0.996. The Balaban J connectivity index is 1.31. The highest BCUT2D eigenvalue weighted by molar-refractivity contribution is 7.17. The first-order valence-corrected chi connectivity index (χ1v) is 12.0. The summed E-state index contributed by atoms with van der Waals surface area (Å²) in [4.78, 5) is 49.9. The van der Waals surface area contributed by atoms with E-state index in [-0.39, 0.29) is 0 Å². The van der Waals surface area contributed by atoms with Crippen molar-refractivity contribution in [2.24, 2.45) is 5.10 Å². The second kappa shape index (κ2) is 11.1. The van der Waals surface area contributed by atoms with E-state index in [2.05, 4.69) is 15.8 Å². The second-order valence-corrected chi connectivity index (χ2v) is 9.21. The molecule has 1 heterocycles. The standard InChI is InChI=1S/C25H20ClN3O6S/c1-34-25(33)20-18-3-2-4-19(18)36-23(20)28-21(30)22(31)29-27-13-14-5-11-17(12-6-14)35-24(32)15-7-9-16(26)10-8-15/h5-13H,2-4H2,1H3,(H,28,30)(H,29,31)/b27-13+. The summed E-state index contributed by atoms with van der Waals surface area (Å²) in [6, 6.07) is 12.7. The number of thiophene rings is 1. The number of rotatable bonds is 6. The summed E-state index contributed by atoms with van der Waals surface area (Å²) < 4.78 is 10.1. The van der Waals surface area contributed by atoms with Crippen molar-refractivity contribution in [2.45, 2.75) is 19.3 Å². The number of benzene rings is 2. The van der Waals surface area contributed by atoms with Crippen molar-refractivity contribution >= 4 is 57.9 Å². The van der Waals surface area contributed by atoms with E-state index in [0.717, 1.165) is 29.7 Å². The predicted molar refractivity (Wildman–Crippen MR) is 135 cm³/mol. The molecule has 11 heteroatoms. The van der Waals surface area contributed by atoms with Gasteiger partial charge in [0.05, 0.1) is 24.5 Å². The van der Waals surface area contributed by atoms with Crippen molar-refractivity contribution in [2.75, 3.05) is 12.4 Å². The van der Waals surface area contributed by atoms with E-state index < -0.39 is 23.8 Å². The number of hydrogen-bond donors (Lipinski definition) is 2. The molecule has 0 radical (unpaired) electrons. The molecule has 1 aliphatic carbocycles. The van der Waals surface area contributed by atoms with Gasteiger partial charge < -0.3 is 14.8 Å². The number of nitrogens with one attached hydrogen (secondary N) is 2. The Bertz CT molecular complexity index is 1350. The van der Waals surface area contributed by atoms with E-state index in [1.54, 1.807) is 48.5 Å². The van der Waals surface area contributed by atoms with Crippen LogP contribution in [0.5, 0.6) is 5.75 Å². The fourth-order valence-corrected chi connectivity index (χ4v) is 4.96.